The SMILES string of the molecule is C[C@H](C(=O)NC1CCCCC1)N(Cc1ccccc1)C(=O)CN(c1cccc(Cl)c1Cl)S(C)(=O)=O. The molecule has 0 unspecified atom stereocenters. The molecule has 2 aromatic rings. The van der Waals surface area contributed by atoms with Crippen LogP contribution in [0.3, 0.4) is 0 Å². The molecule has 0 heterocycles. The lowest BCUT2D eigenvalue weighted by molar-refractivity contribution is -0.139. The summed E-state index contributed by atoms with van der Waals surface area (Å²) in [5.41, 5.74) is 0.929. The first kappa shape index (κ1) is 27.3. The summed E-state index contributed by atoms with van der Waals surface area (Å²) in [5, 5.41) is 3.27. The Kier molecular flexibility index (Phi) is 9.44. The number of carbonyl (C=O) groups is 2. The third-order valence-corrected chi connectivity index (χ3v) is 8.13. The minimum Gasteiger partial charge on any atom is -0.352 e. The highest BCUT2D eigenvalue weighted by molar-refractivity contribution is 7.92. The quantitative estimate of drug-likeness (QED) is 0.503. The number of hydrogen-bond donors (Lipinski definition) is 1. The number of amides is 2. The number of carbonyl (C=O) groups excluding carboxylic acids is 2. The lowest BCUT2D eigenvalue weighted by Crippen LogP contribution is -2.53. The molecule has 0 bridgehead atoms. The van der Waals surface area contributed by atoms with Crippen molar-refractivity contribution in [2.45, 2.75) is 57.7 Å². The van der Waals surface area contributed by atoms with Crippen LogP contribution in [0.15, 0.2) is 48.5 Å². The Hall–Kier alpha value is -2.29. The van der Waals surface area contributed by atoms with Gasteiger partial charge in [-0.1, -0.05) is 78.9 Å². The Morgan fingerprint density at radius 1 is 1.03 bits per heavy atom. The first-order valence-electron chi connectivity index (χ1n) is 11.6. The number of hydrogen-bond acceptors (Lipinski definition) is 4. The van der Waals surface area contributed by atoms with Gasteiger partial charge in [0, 0.05) is 12.6 Å². The van der Waals surface area contributed by atoms with Crippen molar-refractivity contribution in [1.29, 1.82) is 0 Å². The van der Waals surface area contributed by atoms with E-state index in [4.69, 9.17) is 23.2 Å². The van der Waals surface area contributed by atoms with E-state index in [1.807, 2.05) is 30.3 Å². The molecule has 35 heavy (non-hydrogen) atoms. The molecule has 0 saturated heterocycles. The van der Waals surface area contributed by atoms with E-state index in [1.54, 1.807) is 13.0 Å². The Balaban J connectivity index is 1.88. The molecule has 7 nitrogen and oxygen atoms in total. The fourth-order valence-corrected chi connectivity index (χ4v) is 5.51. The van der Waals surface area contributed by atoms with Crippen molar-refractivity contribution in [3.63, 3.8) is 0 Å². The van der Waals surface area contributed by atoms with Gasteiger partial charge in [-0.25, -0.2) is 8.42 Å². The van der Waals surface area contributed by atoms with Gasteiger partial charge < -0.3 is 10.2 Å². The molecule has 0 aliphatic heterocycles. The van der Waals surface area contributed by atoms with Crippen LogP contribution in [0.4, 0.5) is 5.69 Å². The van der Waals surface area contributed by atoms with Gasteiger partial charge in [0.1, 0.15) is 12.6 Å². The van der Waals surface area contributed by atoms with E-state index >= 15 is 0 Å². The van der Waals surface area contributed by atoms with Crippen LogP contribution in [0.25, 0.3) is 0 Å². The highest BCUT2D eigenvalue weighted by atomic mass is 35.5. The third-order valence-electron chi connectivity index (χ3n) is 6.19. The number of halogens is 2. The largest absolute Gasteiger partial charge is 0.352 e. The van der Waals surface area contributed by atoms with Gasteiger partial charge >= 0.3 is 0 Å². The molecular weight excluding hydrogens is 509 g/mol. The van der Waals surface area contributed by atoms with Crippen LogP contribution in [0, 0.1) is 0 Å². The number of sulfonamides is 1. The van der Waals surface area contributed by atoms with E-state index in [1.165, 1.54) is 17.0 Å². The first-order valence-corrected chi connectivity index (χ1v) is 14.2. The Bertz CT molecular complexity index is 1140. The minimum atomic E-state index is -3.89. The van der Waals surface area contributed by atoms with E-state index in [2.05, 4.69) is 5.32 Å². The zero-order valence-electron chi connectivity index (χ0n) is 19.9. The standard InChI is InChI=1S/C25H31Cl2N3O4S/c1-18(25(32)28-20-12-7-4-8-13-20)29(16-19-10-5-3-6-11-19)23(31)17-30(35(2,33)34)22-15-9-14-21(26)24(22)27/h3,5-6,9-11,14-15,18,20H,4,7-8,12-13,16-17H2,1-2H3,(H,28,32)/t18-/m1/s1. The average Bonchev–Trinajstić information content (AvgIpc) is 2.83. The van der Waals surface area contributed by atoms with E-state index in [0.29, 0.717) is 0 Å². The predicted octanol–water partition coefficient (Wildman–Crippen LogP) is 4.63. The lowest BCUT2D eigenvalue weighted by Gasteiger charge is -2.33. The summed E-state index contributed by atoms with van der Waals surface area (Å²) in [6.07, 6.45) is 6.12. The zero-order valence-corrected chi connectivity index (χ0v) is 22.2. The van der Waals surface area contributed by atoms with Gasteiger partial charge in [-0.15, -0.1) is 0 Å². The predicted molar refractivity (Wildman–Crippen MR) is 140 cm³/mol. The van der Waals surface area contributed by atoms with Gasteiger partial charge in [-0.2, -0.15) is 0 Å². The third kappa shape index (κ3) is 7.35. The van der Waals surface area contributed by atoms with Crippen LogP contribution in [-0.2, 0) is 26.2 Å². The van der Waals surface area contributed by atoms with Crippen LogP contribution in [-0.4, -0.2) is 50.0 Å². The molecule has 0 radical (unpaired) electrons. The second-order valence-electron chi connectivity index (χ2n) is 8.87. The van der Waals surface area contributed by atoms with Crippen molar-refractivity contribution in [3.8, 4) is 0 Å². The number of rotatable bonds is 9. The van der Waals surface area contributed by atoms with E-state index in [9.17, 15) is 18.0 Å². The molecule has 0 spiro atoms. The second-order valence-corrected chi connectivity index (χ2v) is 11.6. The topological polar surface area (TPSA) is 86.8 Å². The lowest BCUT2D eigenvalue weighted by atomic mass is 9.95. The van der Waals surface area contributed by atoms with E-state index in [-0.39, 0.29) is 34.2 Å². The molecule has 1 saturated carbocycles. The maximum Gasteiger partial charge on any atom is 0.244 e. The molecule has 0 aromatic heterocycles. The van der Waals surface area contributed by atoms with Gasteiger partial charge in [0.25, 0.3) is 0 Å². The molecule has 1 N–H and O–H groups in total. The zero-order chi connectivity index (χ0) is 25.6. The summed E-state index contributed by atoms with van der Waals surface area (Å²) in [6.45, 7) is 1.29. The fraction of sp³-hybridized carbons (Fsp3) is 0.440. The summed E-state index contributed by atoms with van der Waals surface area (Å²) in [5.74, 6) is -0.783. The maximum atomic E-state index is 13.6. The van der Waals surface area contributed by atoms with E-state index in [0.717, 1.165) is 48.2 Å². The molecule has 1 aliphatic rings. The molecule has 190 valence electrons. The van der Waals surface area contributed by atoms with Gasteiger partial charge in [0.2, 0.25) is 21.8 Å². The van der Waals surface area contributed by atoms with Crippen molar-refractivity contribution in [1.82, 2.24) is 10.2 Å². The maximum absolute atomic E-state index is 13.6. The van der Waals surface area contributed by atoms with E-state index < -0.39 is 28.5 Å². The van der Waals surface area contributed by atoms with Gasteiger partial charge in [0.05, 0.1) is 22.0 Å². The monoisotopic (exact) mass is 539 g/mol. The fourth-order valence-electron chi connectivity index (χ4n) is 4.21. The Labute approximate surface area is 217 Å². The molecule has 2 amide bonds. The van der Waals surface area contributed by atoms with Gasteiger partial charge in [0.15, 0.2) is 0 Å². The van der Waals surface area contributed by atoms with Crippen LogP contribution in [0.1, 0.15) is 44.6 Å². The summed E-state index contributed by atoms with van der Waals surface area (Å²) in [4.78, 5) is 28.1. The highest BCUT2D eigenvalue weighted by Crippen LogP contribution is 2.33. The smallest absolute Gasteiger partial charge is 0.244 e. The molecule has 3 rings (SSSR count). The first-order chi connectivity index (χ1) is 16.6. The molecule has 1 fully saturated rings. The molecule has 1 atom stereocenters. The molecule has 1 aliphatic carbocycles. The summed E-state index contributed by atoms with van der Waals surface area (Å²) in [6, 6.07) is 13.1. The summed E-state index contributed by atoms with van der Waals surface area (Å²) < 4.78 is 26.2. The normalized spacial score (nSPS) is 15.3. The van der Waals surface area contributed by atoms with Crippen molar-refractivity contribution < 1.29 is 18.0 Å². The summed E-state index contributed by atoms with van der Waals surface area (Å²) in [7, 11) is -3.89. The van der Waals surface area contributed by atoms with Crippen LogP contribution in [0.2, 0.25) is 10.0 Å². The second kappa shape index (κ2) is 12.1. The van der Waals surface area contributed by atoms with Crippen LogP contribution < -0.4 is 9.62 Å². The Morgan fingerprint density at radius 3 is 2.31 bits per heavy atom. The van der Waals surface area contributed by atoms with Crippen LogP contribution >= 0.6 is 23.2 Å². The molecular formula is C25H31Cl2N3O4S. The van der Waals surface area contributed by atoms with Crippen molar-refractivity contribution in [2.24, 2.45) is 0 Å². The number of anilines is 1. The molecule has 10 heteroatoms. The number of nitrogens with one attached hydrogen (secondary N) is 1. The van der Waals surface area contributed by atoms with Gasteiger partial charge in [-0.05, 0) is 37.5 Å². The Morgan fingerprint density at radius 2 is 1.69 bits per heavy atom. The number of benzene rings is 2. The van der Waals surface area contributed by atoms with Crippen LogP contribution in [0.5, 0.6) is 0 Å². The number of nitrogens with zero attached hydrogens (tertiary/aromatic N) is 2. The van der Waals surface area contributed by atoms with Gasteiger partial charge in [-0.3, -0.25) is 13.9 Å². The summed E-state index contributed by atoms with van der Waals surface area (Å²) >= 11 is 12.4. The van der Waals surface area contributed by atoms with Crippen molar-refractivity contribution in [3.05, 3.63) is 64.1 Å². The minimum absolute atomic E-state index is 0.0325. The van der Waals surface area contributed by atoms with Crippen molar-refractivity contribution in [2.75, 3.05) is 17.1 Å². The molecule has 2 aromatic carbocycles. The van der Waals surface area contributed by atoms with Crippen molar-refractivity contribution >= 4 is 50.7 Å². The highest BCUT2D eigenvalue weighted by Gasteiger charge is 2.32. The average molecular weight is 541 g/mol.